The number of nitrogen functional groups attached to an aromatic ring is 1. The zero-order chi connectivity index (χ0) is 12.4. The third-order valence-electron chi connectivity index (χ3n) is 2.29. The largest absolute Gasteiger partial charge is 0.496 e. The van der Waals surface area contributed by atoms with Crippen LogP contribution in [0.5, 0.6) is 11.5 Å². The van der Waals surface area contributed by atoms with E-state index >= 15 is 0 Å². The average molecular weight is 238 g/mol. The molecule has 1 aromatic heterocycles. The van der Waals surface area contributed by atoms with Gasteiger partial charge in [0.05, 0.1) is 19.8 Å². The first-order chi connectivity index (χ1) is 8.17. The molecule has 17 heavy (non-hydrogen) atoms. The molecule has 0 amide bonds. The van der Waals surface area contributed by atoms with Gasteiger partial charge in [0.25, 0.3) is 0 Å². The third kappa shape index (κ3) is 1.89. The van der Waals surface area contributed by atoms with Gasteiger partial charge in [0.2, 0.25) is 5.88 Å². The highest BCUT2D eigenvalue weighted by Gasteiger charge is 2.19. The van der Waals surface area contributed by atoms with Crippen molar-refractivity contribution in [2.45, 2.75) is 0 Å². The number of halogens is 1. The number of benzene rings is 1. The average Bonchev–Trinajstić information content (AvgIpc) is 2.75. The lowest BCUT2D eigenvalue weighted by Gasteiger charge is -2.09. The van der Waals surface area contributed by atoms with Gasteiger partial charge in [-0.2, -0.15) is 0 Å². The van der Waals surface area contributed by atoms with Gasteiger partial charge in [-0.25, -0.2) is 4.39 Å². The van der Waals surface area contributed by atoms with Gasteiger partial charge in [-0.3, -0.25) is 0 Å². The van der Waals surface area contributed by atoms with Gasteiger partial charge in [0.1, 0.15) is 11.4 Å². The Morgan fingerprint density at radius 1 is 1.24 bits per heavy atom. The Bertz CT molecular complexity index is 540. The fourth-order valence-corrected chi connectivity index (χ4v) is 1.51. The molecule has 90 valence electrons. The van der Waals surface area contributed by atoms with Gasteiger partial charge in [-0.1, -0.05) is 5.16 Å². The minimum absolute atomic E-state index is 0.0994. The van der Waals surface area contributed by atoms with E-state index in [0.29, 0.717) is 5.75 Å². The van der Waals surface area contributed by atoms with E-state index in [1.165, 1.54) is 26.4 Å². The maximum absolute atomic E-state index is 14.1. The van der Waals surface area contributed by atoms with Gasteiger partial charge < -0.3 is 19.7 Å². The lowest BCUT2D eigenvalue weighted by Crippen LogP contribution is -1.95. The van der Waals surface area contributed by atoms with E-state index in [1.54, 1.807) is 6.07 Å². The number of hydrogen-bond donors (Lipinski definition) is 1. The van der Waals surface area contributed by atoms with Crippen molar-refractivity contribution in [3.63, 3.8) is 0 Å². The SMILES string of the molecule is COc1ccc(OC)c(-c2cc(N)on2)c1F. The van der Waals surface area contributed by atoms with E-state index in [4.69, 9.17) is 19.7 Å². The number of ether oxygens (including phenoxy) is 2. The van der Waals surface area contributed by atoms with E-state index in [2.05, 4.69) is 5.16 Å². The second-order valence-corrected chi connectivity index (χ2v) is 3.27. The van der Waals surface area contributed by atoms with Crippen molar-refractivity contribution in [1.29, 1.82) is 0 Å². The van der Waals surface area contributed by atoms with E-state index < -0.39 is 5.82 Å². The molecule has 0 fully saturated rings. The van der Waals surface area contributed by atoms with Gasteiger partial charge in [-0.15, -0.1) is 0 Å². The summed E-state index contributed by atoms with van der Waals surface area (Å²) in [7, 11) is 2.82. The molecule has 0 saturated heterocycles. The van der Waals surface area contributed by atoms with Crippen LogP contribution in [0.1, 0.15) is 0 Å². The number of hydrogen-bond acceptors (Lipinski definition) is 5. The molecule has 0 atom stereocenters. The molecule has 0 aliphatic rings. The molecule has 0 aliphatic heterocycles. The fourth-order valence-electron chi connectivity index (χ4n) is 1.51. The summed E-state index contributed by atoms with van der Waals surface area (Å²) in [5.41, 5.74) is 5.82. The molecule has 1 aromatic carbocycles. The summed E-state index contributed by atoms with van der Waals surface area (Å²) in [6.07, 6.45) is 0. The minimum atomic E-state index is -0.569. The van der Waals surface area contributed by atoms with Crippen LogP contribution in [0.15, 0.2) is 22.7 Å². The highest BCUT2D eigenvalue weighted by Crippen LogP contribution is 2.36. The summed E-state index contributed by atoms with van der Waals surface area (Å²) in [4.78, 5) is 0. The number of aromatic nitrogens is 1. The predicted octanol–water partition coefficient (Wildman–Crippen LogP) is 2.08. The third-order valence-corrected chi connectivity index (χ3v) is 2.29. The Balaban J connectivity index is 2.64. The summed E-state index contributed by atoms with van der Waals surface area (Å²) in [6, 6.07) is 4.48. The number of anilines is 1. The molecule has 1 heterocycles. The molecule has 6 heteroatoms. The topological polar surface area (TPSA) is 70.5 Å². The van der Waals surface area contributed by atoms with Crippen molar-refractivity contribution in [2.24, 2.45) is 0 Å². The van der Waals surface area contributed by atoms with Gasteiger partial charge in [-0.05, 0) is 12.1 Å². The second kappa shape index (κ2) is 4.32. The molecule has 0 radical (unpaired) electrons. The van der Waals surface area contributed by atoms with Crippen molar-refractivity contribution in [3.8, 4) is 22.8 Å². The molecular formula is C11H11FN2O3. The van der Waals surface area contributed by atoms with Crippen LogP contribution < -0.4 is 15.2 Å². The quantitative estimate of drug-likeness (QED) is 0.886. The van der Waals surface area contributed by atoms with Crippen molar-refractivity contribution >= 4 is 5.88 Å². The van der Waals surface area contributed by atoms with Crippen molar-refractivity contribution in [2.75, 3.05) is 20.0 Å². The number of nitrogens with two attached hydrogens (primary N) is 1. The van der Waals surface area contributed by atoms with E-state index in [-0.39, 0.29) is 22.9 Å². The smallest absolute Gasteiger partial charge is 0.222 e. The van der Waals surface area contributed by atoms with Crippen LogP contribution in [0, 0.1) is 5.82 Å². The lowest BCUT2D eigenvalue weighted by molar-refractivity contribution is 0.378. The number of rotatable bonds is 3. The summed E-state index contributed by atoms with van der Waals surface area (Å²) < 4.78 is 28.8. The van der Waals surface area contributed by atoms with E-state index in [0.717, 1.165) is 0 Å². The zero-order valence-electron chi connectivity index (χ0n) is 9.36. The first-order valence-electron chi connectivity index (χ1n) is 4.80. The summed E-state index contributed by atoms with van der Waals surface area (Å²) in [5, 5.41) is 3.66. The van der Waals surface area contributed by atoms with E-state index in [1.807, 2.05) is 0 Å². The van der Waals surface area contributed by atoms with Gasteiger partial charge in [0.15, 0.2) is 11.6 Å². The van der Waals surface area contributed by atoms with Crippen LogP contribution in [0.3, 0.4) is 0 Å². The molecule has 0 saturated carbocycles. The first kappa shape index (κ1) is 11.3. The Hall–Kier alpha value is -2.24. The molecule has 0 bridgehead atoms. The molecule has 0 aliphatic carbocycles. The van der Waals surface area contributed by atoms with Gasteiger partial charge in [0, 0.05) is 6.07 Å². The predicted molar refractivity (Wildman–Crippen MR) is 59.4 cm³/mol. The molecule has 2 aromatic rings. The lowest BCUT2D eigenvalue weighted by atomic mass is 10.1. The minimum Gasteiger partial charge on any atom is -0.496 e. The van der Waals surface area contributed by atoms with Crippen LogP contribution >= 0.6 is 0 Å². The summed E-state index contributed by atoms with van der Waals surface area (Å²) in [5.74, 6) is -0.0385. The fraction of sp³-hybridized carbons (Fsp3) is 0.182. The number of nitrogens with zero attached hydrogens (tertiary/aromatic N) is 1. The van der Waals surface area contributed by atoms with Crippen LogP contribution in [0.4, 0.5) is 10.3 Å². The Labute approximate surface area is 96.9 Å². The Morgan fingerprint density at radius 2 is 1.88 bits per heavy atom. The summed E-state index contributed by atoms with van der Waals surface area (Å²) in [6.45, 7) is 0. The maximum atomic E-state index is 14.1. The van der Waals surface area contributed by atoms with Crippen molar-refractivity contribution < 1.29 is 18.4 Å². The standard InChI is InChI=1S/C11H11FN2O3/c1-15-7-3-4-8(16-2)11(12)10(7)6-5-9(13)17-14-6/h3-5H,13H2,1-2H3. The highest BCUT2D eigenvalue weighted by atomic mass is 19.1. The Kier molecular flexibility index (Phi) is 2.86. The van der Waals surface area contributed by atoms with Crippen LogP contribution in [0.2, 0.25) is 0 Å². The Morgan fingerprint density at radius 3 is 2.41 bits per heavy atom. The van der Waals surface area contributed by atoms with Crippen LogP contribution in [-0.2, 0) is 0 Å². The maximum Gasteiger partial charge on any atom is 0.222 e. The molecule has 0 unspecified atom stereocenters. The first-order valence-corrected chi connectivity index (χ1v) is 4.80. The van der Waals surface area contributed by atoms with Crippen molar-refractivity contribution in [3.05, 3.63) is 24.0 Å². The van der Waals surface area contributed by atoms with Crippen molar-refractivity contribution in [1.82, 2.24) is 5.16 Å². The molecule has 2 rings (SSSR count). The molecule has 5 nitrogen and oxygen atoms in total. The second-order valence-electron chi connectivity index (χ2n) is 3.27. The molecule has 0 spiro atoms. The van der Waals surface area contributed by atoms with E-state index in [9.17, 15) is 4.39 Å². The monoisotopic (exact) mass is 238 g/mol. The zero-order valence-corrected chi connectivity index (χ0v) is 9.36. The highest BCUT2D eigenvalue weighted by molar-refractivity contribution is 5.71. The van der Waals surface area contributed by atoms with Gasteiger partial charge >= 0.3 is 0 Å². The molecule has 2 N–H and O–H groups in total. The summed E-state index contributed by atoms with van der Waals surface area (Å²) >= 11 is 0. The molecular weight excluding hydrogens is 227 g/mol. The van der Waals surface area contributed by atoms with Crippen LogP contribution in [-0.4, -0.2) is 19.4 Å². The van der Waals surface area contributed by atoms with Crippen LogP contribution in [0.25, 0.3) is 11.3 Å². The normalized spacial score (nSPS) is 10.3. The number of methoxy groups -OCH3 is 2.